The van der Waals surface area contributed by atoms with Crippen molar-refractivity contribution in [3.63, 3.8) is 0 Å². The lowest BCUT2D eigenvalue weighted by Gasteiger charge is -2.21. The van der Waals surface area contributed by atoms with Gasteiger partial charge in [-0.3, -0.25) is 0 Å². The van der Waals surface area contributed by atoms with Crippen LogP contribution in [0.15, 0.2) is 24.3 Å². The van der Waals surface area contributed by atoms with Crippen molar-refractivity contribution in [1.29, 1.82) is 0 Å². The minimum atomic E-state index is -0.840. The molecule has 0 aliphatic heterocycles. The molecule has 2 nitrogen and oxygen atoms in total. The maximum Gasteiger partial charge on any atom is 0.105 e. The molecular weight excluding hydrogens is 200 g/mol. The van der Waals surface area contributed by atoms with E-state index in [2.05, 4.69) is 0 Å². The summed E-state index contributed by atoms with van der Waals surface area (Å²) < 4.78 is 0. The Morgan fingerprint density at radius 3 is 2.00 bits per heavy atom. The van der Waals surface area contributed by atoms with E-state index in [0.717, 1.165) is 0 Å². The van der Waals surface area contributed by atoms with Gasteiger partial charge in [0, 0.05) is 5.02 Å². The number of benzene rings is 1. The molecule has 0 aliphatic carbocycles. The molecule has 2 unspecified atom stereocenters. The van der Waals surface area contributed by atoms with Gasteiger partial charge in [0.1, 0.15) is 6.10 Å². The summed E-state index contributed by atoms with van der Waals surface area (Å²) in [5.41, 5.74) is 0.690. The van der Waals surface area contributed by atoms with Crippen molar-refractivity contribution in [3.8, 4) is 0 Å². The molecule has 1 rings (SSSR count). The molecule has 2 N–H and O–H groups in total. The van der Waals surface area contributed by atoms with Crippen LogP contribution in [0.1, 0.15) is 25.5 Å². The highest BCUT2D eigenvalue weighted by Crippen LogP contribution is 2.22. The summed E-state index contributed by atoms with van der Waals surface area (Å²) >= 11 is 5.71. The maximum absolute atomic E-state index is 9.76. The van der Waals surface area contributed by atoms with Crippen LogP contribution in [0.25, 0.3) is 0 Å². The summed E-state index contributed by atoms with van der Waals surface area (Å²) in [4.78, 5) is 0. The van der Waals surface area contributed by atoms with Gasteiger partial charge in [-0.25, -0.2) is 0 Å². The number of aliphatic hydroxyl groups excluding tert-OH is 2. The zero-order valence-corrected chi connectivity index (χ0v) is 9.07. The van der Waals surface area contributed by atoms with E-state index in [1.54, 1.807) is 24.3 Å². The molecule has 1 aromatic rings. The molecule has 0 fully saturated rings. The minimum absolute atomic E-state index is 0.0284. The lowest BCUT2D eigenvalue weighted by molar-refractivity contribution is -0.00939. The molecule has 14 heavy (non-hydrogen) atoms. The van der Waals surface area contributed by atoms with Crippen LogP contribution in [0.5, 0.6) is 0 Å². The zero-order valence-electron chi connectivity index (χ0n) is 8.31. The number of hydrogen-bond acceptors (Lipinski definition) is 2. The van der Waals surface area contributed by atoms with Crippen LogP contribution in [0.4, 0.5) is 0 Å². The first-order valence-corrected chi connectivity index (χ1v) is 5.01. The predicted molar refractivity (Wildman–Crippen MR) is 57.3 cm³/mol. The van der Waals surface area contributed by atoms with E-state index in [4.69, 9.17) is 11.6 Å². The molecule has 0 spiro atoms. The van der Waals surface area contributed by atoms with Crippen molar-refractivity contribution in [2.24, 2.45) is 5.92 Å². The first kappa shape index (κ1) is 11.5. The summed E-state index contributed by atoms with van der Waals surface area (Å²) in [7, 11) is 0. The lowest BCUT2D eigenvalue weighted by atomic mass is 9.96. The van der Waals surface area contributed by atoms with E-state index >= 15 is 0 Å². The van der Waals surface area contributed by atoms with Crippen LogP contribution in [-0.4, -0.2) is 16.3 Å². The second kappa shape index (κ2) is 4.78. The SMILES string of the molecule is CC(C)C(O)C(O)c1ccc(Cl)cc1. The lowest BCUT2D eigenvalue weighted by Crippen LogP contribution is -2.23. The van der Waals surface area contributed by atoms with E-state index < -0.39 is 12.2 Å². The van der Waals surface area contributed by atoms with E-state index in [-0.39, 0.29) is 5.92 Å². The van der Waals surface area contributed by atoms with E-state index in [1.807, 2.05) is 13.8 Å². The summed E-state index contributed by atoms with van der Waals surface area (Å²) in [6.07, 6.45) is -1.58. The van der Waals surface area contributed by atoms with Crippen LogP contribution in [0, 0.1) is 5.92 Å². The highest BCUT2D eigenvalue weighted by atomic mass is 35.5. The van der Waals surface area contributed by atoms with Crippen molar-refractivity contribution in [1.82, 2.24) is 0 Å². The Balaban J connectivity index is 2.78. The van der Waals surface area contributed by atoms with Gasteiger partial charge >= 0.3 is 0 Å². The van der Waals surface area contributed by atoms with Gasteiger partial charge in [0.15, 0.2) is 0 Å². The van der Waals surface area contributed by atoms with Gasteiger partial charge in [-0.15, -0.1) is 0 Å². The summed E-state index contributed by atoms with van der Waals surface area (Å²) in [5.74, 6) is 0.0284. The van der Waals surface area contributed by atoms with Crippen molar-refractivity contribution < 1.29 is 10.2 Å². The quantitative estimate of drug-likeness (QED) is 0.811. The third-order valence-corrected chi connectivity index (χ3v) is 2.47. The van der Waals surface area contributed by atoms with Crippen LogP contribution >= 0.6 is 11.6 Å². The highest BCUT2D eigenvalue weighted by molar-refractivity contribution is 6.30. The Kier molecular flexibility index (Phi) is 3.93. The fourth-order valence-corrected chi connectivity index (χ4v) is 1.35. The van der Waals surface area contributed by atoms with E-state index in [1.165, 1.54) is 0 Å². The number of hydrogen-bond donors (Lipinski definition) is 2. The Morgan fingerprint density at radius 1 is 1.07 bits per heavy atom. The summed E-state index contributed by atoms with van der Waals surface area (Å²) in [5, 5.41) is 20.0. The molecule has 0 saturated carbocycles. The largest absolute Gasteiger partial charge is 0.390 e. The molecule has 1 aromatic carbocycles. The monoisotopic (exact) mass is 214 g/mol. The fourth-order valence-electron chi connectivity index (χ4n) is 1.22. The smallest absolute Gasteiger partial charge is 0.105 e. The molecule has 78 valence electrons. The molecule has 0 radical (unpaired) electrons. The van der Waals surface area contributed by atoms with Crippen LogP contribution in [0.2, 0.25) is 5.02 Å². The van der Waals surface area contributed by atoms with E-state index in [0.29, 0.717) is 10.6 Å². The highest BCUT2D eigenvalue weighted by Gasteiger charge is 2.20. The van der Waals surface area contributed by atoms with Crippen LogP contribution in [-0.2, 0) is 0 Å². The fraction of sp³-hybridized carbons (Fsp3) is 0.455. The normalized spacial score (nSPS) is 15.6. The van der Waals surface area contributed by atoms with Crippen molar-refractivity contribution >= 4 is 11.6 Å². The van der Waals surface area contributed by atoms with Crippen LogP contribution < -0.4 is 0 Å². The van der Waals surface area contributed by atoms with Crippen molar-refractivity contribution in [2.45, 2.75) is 26.1 Å². The number of rotatable bonds is 3. The number of halogens is 1. The molecular formula is C11H15ClO2. The van der Waals surface area contributed by atoms with Gasteiger partial charge in [-0.2, -0.15) is 0 Å². The third-order valence-electron chi connectivity index (χ3n) is 2.22. The van der Waals surface area contributed by atoms with Crippen LogP contribution in [0.3, 0.4) is 0 Å². The average molecular weight is 215 g/mol. The number of aliphatic hydroxyl groups is 2. The molecule has 0 amide bonds. The Bertz CT molecular complexity index is 282. The molecule has 0 bridgehead atoms. The summed E-state index contributed by atoms with van der Waals surface area (Å²) in [6, 6.07) is 6.84. The second-order valence-corrected chi connectivity index (χ2v) is 4.17. The molecule has 0 saturated heterocycles. The van der Waals surface area contributed by atoms with Gasteiger partial charge in [0.25, 0.3) is 0 Å². The molecule has 0 aliphatic rings. The van der Waals surface area contributed by atoms with E-state index in [9.17, 15) is 10.2 Å². The Hall–Kier alpha value is -0.570. The predicted octanol–water partition coefficient (Wildman–Crippen LogP) is 2.39. The maximum atomic E-state index is 9.76. The molecule has 3 heteroatoms. The zero-order chi connectivity index (χ0) is 10.7. The Labute approximate surface area is 89.1 Å². The van der Waals surface area contributed by atoms with Gasteiger partial charge in [0.05, 0.1) is 6.10 Å². The Morgan fingerprint density at radius 2 is 1.57 bits per heavy atom. The van der Waals surface area contributed by atoms with Gasteiger partial charge in [0.2, 0.25) is 0 Å². The molecule has 0 aromatic heterocycles. The second-order valence-electron chi connectivity index (χ2n) is 3.73. The third kappa shape index (κ3) is 2.71. The van der Waals surface area contributed by atoms with Crippen molar-refractivity contribution in [2.75, 3.05) is 0 Å². The van der Waals surface area contributed by atoms with Gasteiger partial charge < -0.3 is 10.2 Å². The van der Waals surface area contributed by atoms with Gasteiger partial charge in [-0.05, 0) is 23.6 Å². The first-order chi connectivity index (χ1) is 6.52. The van der Waals surface area contributed by atoms with Gasteiger partial charge in [-0.1, -0.05) is 37.6 Å². The minimum Gasteiger partial charge on any atom is -0.390 e. The summed E-state index contributed by atoms with van der Waals surface area (Å²) in [6.45, 7) is 3.73. The first-order valence-electron chi connectivity index (χ1n) is 4.64. The topological polar surface area (TPSA) is 40.5 Å². The standard InChI is InChI=1S/C11H15ClO2/c1-7(2)10(13)11(14)8-3-5-9(12)6-4-8/h3-7,10-11,13-14H,1-2H3. The molecule has 0 heterocycles. The average Bonchev–Trinajstić information content (AvgIpc) is 2.16. The molecule has 2 atom stereocenters. The van der Waals surface area contributed by atoms with Crippen molar-refractivity contribution in [3.05, 3.63) is 34.9 Å².